The number of nitrogens with one attached hydrogen (secondary N) is 1. The van der Waals surface area contributed by atoms with Crippen molar-refractivity contribution in [3.05, 3.63) is 0 Å². The smallest absolute Gasteiger partial charge is 0.234 e. The lowest BCUT2D eigenvalue weighted by atomic mass is 10.0. The summed E-state index contributed by atoms with van der Waals surface area (Å²) in [5, 5.41) is 11.9. The maximum absolute atomic E-state index is 11.7. The summed E-state index contributed by atoms with van der Waals surface area (Å²) in [6.07, 6.45) is 2.61. The Morgan fingerprint density at radius 1 is 1.60 bits per heavy atom. The van der Waals surface area contributed by atoms with E-state index in [0.717, 1.165) is 25.9 Å². The molecule has 1 unspecified atom stereocenters. The molecule has 2 aliphatic rings. The summed E-state index contributed by atoms with van der Waals surface area (Å²) in [7, 11) is 2.11. The van der Waals surface area contributed by atoms with Crippen molar-refractivity contribution >= 4 is 17.7 Å². The molecule has 0 bridgehead atoms. The average molecular weight is 230 g/mol. The Labute approximate surface area is 94.4 Å². The molecule has 0 saturated carbocycles. The van der Waals surface area contributed by atoms with Crippen LogP contribution in [0.15, 0.2) is 0 Å². The molecular formula is C10H18N2O2S. The van der Waals surface area contributed by atoms with Gasteiger partial charge in [0.2, 0.25) is 5.91 Å². The summed E-state index contributed by atoms with van der Waals surface area (Å²) in [5.74, 6) is 0.110. The van der Waals surface area contributed by atoms with Crippen LogP contribution in [0.4, 0.5) is 0 Å². The molecule has 1 spiro atoms. The van der Waals surface area contributed by atoms with Crippen molar-refractivity contribution in [2.75, 3.05) is 26.7 Å². The van der Waals surface area contributed by atoms with E-state index in [2.05, 4.69) is 17.3 Å². The zero-order valence-electron chi connectivity index (χ0n) is 9.03. The predicted molar refractivity (Wildman–Crippen MR) is 60.7 cm³/mol. The van der Waals surface area contributed by atoms with Crippen LogP contribution in [0.25, 0.3) is 0 Å². The molecule has 2 saturated heterocycles. The molecule has 0 aromatic rings. The van der Waals surface area contributed by atoms with E-state index in [9.17, 15) is 4.79 Å². The lowest BCUT2D eigenvalue weighted by Crippen LogP contribution is -2.48. The maximum Gasteiger partial charge on any atom is 0.234 e. The minimum absolute atomic E-state index is 0.0383. The Morgan fingerprint density at radius 3 is 2.87 bits per heavy atom. The highest BCUT2D eigenvalue weighted by atomic mass is 32.2. The van der Waals surface area contributed by atoms with Gasteiger partial charge in [-0.1, -0.05) is 0 Å². The summed E-state index contributed by atoms with van der Waals surface area (Å²) in [5.41, 5.74) is 0. The summed E-state index contributed by atoms with van der Waals surface area (Å²) < 4.78 is 0. The molecule has 4 nitrogen and oxygen atoms in total. The molecule has 0 aromatic carbocycles. The van der Waals surface area contributed by atoms with Crippen LogP contribution in [-0.4, -0.2) is 52.8 Å². The van der Waals surface area contributed by atoms with Crippen molar-refractivity contribution in [2.24, 2.45) is 0 Å². The molecule has 2 heterocycles. The lowest BCUT2D eigenvalue weighted by Gasteiger charge is -2.36. The number of rotatable bonds is 2. The third-order valence-corrected chi connectivity index (χ3v) is 4.89. The molecule has 2 rings (SSSR count). The number of aliphatic hydroxyl groups excluding tert-OH is 1. The molecule has 0 radical (unpaired) electrons. The second-order valence-electron chi connectivity index (χ2n) is 4.41. The average Bonchev–Trinajstić information content (AvgIpc) is 2.50. The van der Waals surface area contributed by atoms with E-state index in [0.29, 0.717) is 6.42 Å². The topological polar surface area (TPSA) is 52.6 Å². The SMILES string of the molecule is CN1CCC2(CC1)NC(=O)C(CCO)S2. The first-order valence-corrected chi connectivity index (χ1v) is 6.32. The van der Waals surface area contributed by atoms with Crippen LogP contribution >= 0.6 is 11.8 Å². The fourth-order valence-corrected chi connectivity index (χ4v) is 3.70. The molecular weight excluding hydrogens is 212 g/mol. The van der Waals surface area contributed by atoms with Crippen LogP contribution in [0.3, 0.4) is 0 Å². The van der Waals surface area contributed by atoms with Gasteiger partial charge in [-0.2, -0.15) is 0 Å². The van der Waals surface area contributed by atoms with Crippen LogP contribution in [-0.2, 0) is 4.79 Å². The number of carbonyl (C=O) groups is 1. The first-order chi connectivity index (χ1) is 7.15. The monoisotopic (exact) mass is 230 g/mol. The van der Waals surface area contributed by atoms with E-state index in [1.165, 1.54) is 0 Å². The number of thioether (sulfide) groups is 1. The Kier molecular flexibility index (Phi) is 3.23. The van der Waals surface area contributed by atoms with Gasteiger partial charge < -0.3 is 15.3 Å². The quantitative estimate of drug-likeness (QED) is 0.702. The van der Waals surface area contributed by atoms with Gasteiger partial charge in [0.15, 0.2) is 0 Å². The van der Waals surface area contributed by atoms with Crippen molar-refractivity contribution in [3.63, 3.8) is 0 Å². The largest absolute Gasteiger partial charge is 0.396 e. The van der Waals surface area contributed by atoms with Gasteiger partial charge in [-0.05, 0) is 26.3 Å². The minimum atomic E-state index is -0.0431. The second kappa shape index (κ2) is 4.31. The highest BCUT2D eigenvalue weighted by molar-refractivity contribution is 8.02. The van der Waals surface area contributed by atoms with Crippen LogP contribution in [0, 0.1) is 0 Å². The first kappa shape index (κ1) is 11.2. The zero-order chi connectivity index (χ0) is 10.9. The highest BCUT2D eigenvalue weighted by Gasteiger charge is 2.45. The summed E-state index contributed by atoms with van der Waals surface area (Å²) in [4.78, 5) is 13.9. The fraction of sp³-hybridized carbons (Fsp3) is 0.900. The number of hydrogen-bond donors (Lipinski definition) is 2. The molecule has 0 aromatic heterocycles. The Morgan fingerprint density at radius 2 is 2.27 bits per heavy atom. The molecule has 2 N–H and O–H groups in total. The number of aliphatic hydroxyl groups is 1. The molecule has 1 atom stereocenters. The zero-order valence-corrected chi connectivity index (χ0v) is 9.85. The summed E-state index contributed by atoms with van der Waals surface area (Å²) in [6, 6.07) is 0. The van der Waals surface area contributed by atoms with Gasteiger partial charge in [-0.3, -0.25) is 4.79 Å². The Hall–Kier alpha value is -0.260. The van der Waals surface area contributed by atoms with E-state index in [1.54, 1.807) is 11.8 Å². The van der Waals surface area contributed by atoms with Gasteiger partial charge >= 0.3 is 0 Å². The normalized spacial score (nSPS) is 30.8. The van der Waals surface area contributed by atoms with Gasteiger partial charge in [0.1, 0.15) is 0 Å². The Bertz CT molecular complexity index is 252. The van der Waals surface area contributed by atoms with E-state index in [1.807, 2.05) is 0 Å². The van der Waals surface area contributed by atoms with Gasteiger partial charge in [-0.25, -0.2) is 0 Å². The van der Waals surface area contributed by atoms with E-state index in [4.69, 9.17) is 5.11 Å². The number of piperidine rings is 1. The van der Waals surface area contributed by atoms with Crippen molar-refractivity contribution in [1.82, 2.24) is 10.2 Å². The molecule has 2 aliphatic heterocycles. The van der Waals surface area contributed by atoms with E-state index >= 15 is 0 Å². The van der Waals surface area contributed by atoms with Crippen molar-refractivity contribution < 1.29 is 9.90 Å². The number of nitrogens with zero attached hydrogens (tertiary/aromatic N) is 1. The summed E-state index contributed by atoms with van der Waals surface area (Å²) in [6.45, 7) is 2.18. The fourth-order valence-electron chi connectivity index (χ4n) is 2.19. The van der Waals surface area contributed by atoms with Crippen LogP contribution in [0.5, 0.6) is 0 Å². The second-order valence-corrected chi connectivity index (χ2v) is 5.99. The standard InChI is InChI=1S/C10H18N2O2S/c1-12-5-3-10(4-6-12)11-9(14)8(15-10)2-7-13/h8,13H,2-7H2,1H3,(H,11,14). The maximum atomic E-state index is 11.7. The van der Waals surface area contributed by atoms with Crippen LogP contribution < -0.4 is 5.32 Å². The number of hydrogen-bond acceptors (Lipinski definition) is 4. The molecule has 1 amide bonds. The molecule has 5 heteroatoms. The Balaban J connectivity index is 1.97. The molecule has 86 valence electrons. The lowest BCUT2D eigenvalue weighted by molar-refractivity contribution is -0.121. The molecule has 2 fully saturated rings. The van der Waals surface area contributed by atoms with E-state index < -0.39 is 0 Å². The van der Waals surface area contributed by atoms with Crippen molar-refractivity contribution in [1.29, 1.82) is 0 Å². The third-order valence-electron chi connectivity index (χ3n) is 3.20. The first-order valence-electron chi connectivity index (χ1n) is 5.44. The summed E-state index contributed by atoms with van der Waals surface area (Å²) >= 11 is 1.72. The van der Waals surface area contributed by atoms with Crippen molar-refractivity contribution in [3.8, 4) is 0 Å². The number of likely N-dealkylation sites (tertiary alicyclic amines) is 1. The van der Waals surface area contributed by atoms with Crippen LogP contribution in [0.2, 0.25) is 0 Å². The van der Waals surface area contributed by atoms with E-state index in [-0.39, 0.29) is 22.6 Å². The highest BCUT2D eigenvalue weighted by Crippen LogP contribution is 2.42. The van der Waals surface area contributed by atoms with Gasteiger partial charge in [0, 0.05) is 19.7 Å². The van der Waals surface area contributed by atoms with Gasteiger partial charge in [0.25, 0.3) is 0 Å². The predicted octanol–water partition coefficient (Wildman–Crippen LogP) is 0.0223. The minimum Gasteiger partial charge on any atom is -0.396 e. The van der Waals surface area contributed by atoms with Crippen LogP contribution in [0.1, 0.15) is 19.3 Å². The number of carbonyl (C=O) groups excluding carboxylic acids is 1. The number of amides is 1. The van der Waals surface area contributed by atoms with Gasteiger partial charge in [0.05, 0.1) is 10.1 Å². The molecule has 0 aliphatic carbocycles. The molecule has 15 heavy (non-hydrogen) atoms. The third kappa shape index (κ3) is 2.29. The van der Waals surface area contributed by atoms with Crippen molar-refractivity contribution in [2.45, 2.75) is 29.4 Å². The van der Waals surface area contributed by atoms with Gasteiger partial charge in [-0.15, -0.1) is 11.8 Å².